The molecule has 0 aliphatic rings. The van der Waals surface area contributed by atoms with Crippen molar-refractivity contribution in [1.82, 2.24) is 10.2 Å². The van der Waals surface area contributed by atoms with E-state index in [1.54, 1.807) is 7.05 Å². The third-order valence-corrected chi connectivity index (χ3v) is 1.97. The summed E-state index contributed by atoms with van der Waals surface area (Å²) in [6, 6.07) is -0.160. The quantitative estimate of drug-likeness (QED) is 0.587. The Morgan fingerprint density at radius 3 is 2.58 bits per heavy atom. The number of hydrogen-bond donors (Lipinski definition) is 2. The van der Waals surface area contributed by atoms with Gasteiger partial charge in [-0.3, -0.25) is 9.69 Å². The van der Waals surface area contributed by atoms with Crippen molar-refractivity contribution in [2.75, 3.05) is 26.7 Å². The van der Waals surface area contributed by atoms with Crippen molar-refractivity contribution in [3.63, 3.8) is 0 Å². The van der Waals surface area contributed by atoms with Crippen LogP contribution in [0, 0.1) is 0 Å². The smallest absolute Gasteiger partial charge is 0.236 e. The topological polar surface area (TPSA) is 52.6 Å². The van der Waals surface area contributed by atoms with E-state index < -0.39 is 0 Å². The molecule has 0 radical (unpaired) electrons. The third-order valence-electron chi connectivity index (χ3n) is 1.97. The van der Waals surface area contributed by atoms with Crippen LogP contribution in [0.5, 0.6) is 0 Å². The summed E-state index contributed by atoms with van der Waals surface area (Å²) < 4.78 is 0. The van der Waals surface area contributed by atoms with Gasteiger partial charge in [0.2, 0.25) is 5.91 Å². The van der Waals surface area contributed by atoms with E-state index in [0.29, 0.717) is 6.54 Å². The predicted molar refractivity (Wildman–Crippen MR) is 47.9 cm³/mol. The maximum Gasteiger partial charge on any atom is 0.236 e. The predicted octanol–water partition coefficient (Wildman–Crippen LogP) is -0.565. The van der Waals surface area contributed by atoms with Crippen molar-refractivity contribution in [3.05, 3.63) is 0 Å². The van der Waals surface area contributed by atoms with E-state index in [4.69, 9.17) is 5.11 Å². The van der Waals surface area contributed by atoms with Crippen molar-refractivity contribution in [2.45, 2.75) is 19.9 Å². The first-order valence-electron chi connectivity index (χ1n) is 4.23. The van der Waals surface area contributed by atoms with E-state index in [9.17, 15) is 4.79 Å². The van der Waals surface area contributed by atoms with Gasteiger partial charge in [0.1, 0.15) is 0 Å². The molecule has 2 N–H and O–H groups in total. The van der Waals surface area contributed by atoms with E-state index >= 15 is 0 Å². The average molecular weight is 174 g/mol. The minimum atomic E-state index is -0.160. The van der Waals surface area contributed by atoms with Gasteiger partial charge in [0.25, 0.3) is 0 Å². The second-order valence-electron chi connectivity index (χ2n) is 2.64. The van der Waals surface area contributed by atoms with E-state index in [1.807, 2.05) is 18.7 Å². The molecule has 72 valence electrons. The van der Waals surface area contributed by atoms with Gasteiger partial charge in [-0.2, -0.15) is 0 Å². The van der Waals surface area contributed by atoms with Crippen molar-refractivity contribution in [1.29, 1.82) is 0 Å². The van der Waals surface area contributed by atoms with Crippen LogP contribution < -0.4 is 5.32 Å². The highest BCUT2D eigenvalue weighted by Gasteiger charge is 2.17. The highest BCUT2D eigenvalue weighted by atomic mass is 16.3. The zero-order valence-electron chi connectivity index (χ0n) is 8.00. The maximum atomic E-state index is 11.2. The van der Waals surface area contributed by atoms with Crippen LogP contribution >= 0.6 is 0 Å². The molecule has 0 spiro atoms. The van der Waals surface area contributed by atoms with Crippen LogP contribution in [-0.2, 0) is 4.79 Å². The largest absolute Gasteiger partial charge is 0.395 e. The number of likely N-dealkylation sites (N-methyl/N-ethyl adjacent to an activating group) is 2. The number of amides is 1. The van der Waals surface area contributed by atoms with Gasteiger partial charge in [-0.15, -0.1) is 0 Å². The molecule has 1 unspecified atom stereocenters. The first-order valence-corrected chi connectivity index (χ1v) is 4.23. The van der Waals surface area contributed by atoms with Crippen molar-refractivity contribution in [2.24, 2.45) is 0 Å². The van der Waals surface area contributed by atoms with Gasteiger partial charge in [0.05, 0.1) is 12.6 Å². The van der Waals surface area contributed by atoms with Gasteiger partial charge in [-0.25, -0.2) is 0 Å². The number of nitrogens with one attached hydrogen (secondary N) is 1. The summed E-state index contributed by atoms with van der Waals surface area (Å²) in [6.07, 6.45) is 0. The molecule has 0 aromatic carbocycles. The molecular formula is C8H18N2O2. The number of aliphatic hydroxyl groups is 1. The number of hydrogen-bond acceptors (Lipinski definition) is 3. The summed E-state index contributed by atoms with van der Waals surface area (Å²) >= 11 is 0. The Hall–Kier alpha value is -0.610. The molecule has 0 saturated heterocycles. The molecule has 0 saturated carbocycles. The molecule has 0 aromatic heterocycles. The molecule has 4 nitrogen and oxygen atoms in total. The van der Waals surface area contributed by atoms with Gasteiger partial charge in [0.15, 0.2) is 0 Å². The number of carbonyl (C=O) groups is 1. The fourth-order valence-corrected chi connectivity index (χ4v) is 1.13. The van der Waals surface area contributed by atoms with Crippen LogP contribution in [0.4, 0.5) is 0 Å². The van der Waals surface area contributed by atoms with E-state index in [-0.39, 0.29) is 18.6 Å². The average Bonchev–Trinajstić information content (AvgIpc) is 2.11. The summed E-state index contributed by atoms with van der Waals surface area (Å²) in [4.78, 5) is 13.1. The number of carbonyl (C=O) groups excluding carboxylic acids is 1. The zero-order chi connectivity index (χ0) is 9.56. The van der Waals surface area contributed by atoms with Gasteiger partial charge in [-0.1, -0.05) is 6.92 Å². The standard InChI is InChI=1S/C8H18N2O2/c1-4-10(5-6-11)7(2)8(12)9-3/h7,11H,4-6H2,1-3H3,(H,9,12). The summed E-state index contributed by atoms with van der Waals surface area (Å²) in [6.45, 7) is 5.21. The highest BCUT2D eigenvalue weighted by molar-refractivity contribution is 5.80. The van der Waals surface area contributed by atoms with Gasteiger partial charge < -0.3 is 10.4 Å². The summed E-state index contributed by atoms with van der Waals surface area (Å²) in [5.41, 5.74) is 0. The Bertz CT molecular complexity index is 139. The van der Waals surface area contributed by atoms with Crippen molar-refractivity contribution < 1.29 is 9.90 Å². The Labute approximate surface area is 73.6 Å². The van der Waals surface area contributed by atoms with Crippen LogP contribution in [0.3, 0.4) is 0 Å². The Balaban J connectivity index is 4.00. The maximum absolute atomic E-state index is 11.2. The molecule has 0 aliphatic carbocycles. The van der Waals surface area contributed by atoms with Crippen molar-refractivity contribution >= 4 is 5.91 Å². The van der Waals surface area contributed by atoms with Crippen LogP contribution in [0.15, 0.2) is 0 Å². The lowest BCUT2D eigenvalue weighted by Gasteiger charge is -2.25. The molecule has 4 heteroatoms. The first-order chi connectivity index (χ1) is 5.67. The molecule has 1 atom stereocenters. The normalized spacial score (nSPS) is 13.1. The van der Waals surface area contributed by atoms with Crippen LogP contribution in [0.2, 0.25) is 0 Å². The van der Waals surface area contributed by atoms with Gasteiger partial charge in [0, 0.05) is 13.6 Å². The molecule has 0 aromatic rings. The van der Waals surface area contributed by atoms with Gasteiger partial charge in [-0.05, 0) is 13.5 Å². The molecule has 0 rings (SSSR count). The minimum absolute atomic E-state index is 0.00898. The van der Waals surface area contributed by atoms with E-state index in [2.05, 4.69) is 5.32 Å². The third kappa shape index (κ3) is 3.19. The van der Waals surface area contributed by atoms with Gasteiger partial charge >= 0.3 is 0 Å². The monoisotopic (exact) mass is 174 g/mol. The Kier molecular flexibility index (Phi) is 5.66. The fraction of sp³-hybridized carbons (Fsp3) is 0.875. The molecule has 12 heavy (non-hydrogen) atoms. The number of aliphatic hydroxyl groups excluding tert-OH is 1. The molecule has 0 aliphatic heterocycles. The number of rotatable bonds is 5. The summed E-state index contributed by atoms with van der Waals surface area (Å²) in [7, 11) is 1.62. The number of nitrogens with zero attached hydrogens (tertiary/aromatic N) is 1. The lowest BCUT2D eigenvalue weighted by Crippen LogP contribution is -2.45. The SMILES string of the molecule is CCN(CCO)C(C)C(=O)NC. The summed E-state index contributed by atoms with van der Waals surface area (Å²) in [5.74, 6) is -0.00898. The zero-order valence-corrected chi connectivity index (χ0v) is 8.00. The second-order valence-corrected chi connectivity index (χ2v) is 2.64. The lowest BCUT2D eigenvalue weighted by atomic mass is 10.2. The fourth-order valence-electron chi connectivity index (χ4n) is 1.13. The molecule has 0 heterocycles. The Morgan fingerprint density at radius 1 is 1.67 bits per heavy atom. The van der Waals surface area contributed by atoms with E-state index in [1.165, 1.54) is 0 Å². The summed E-state index contributed by atoms with van der Waals surface area (Å²) in [5, 5.41) is 11.3. The second kappa shape index (κ2) is 5.97. The highest BCUT2D eigenvalue weighted by Crippen LogP contribution is 1.97. The van der Waals surface area contributed by atoms with Crippen LogP contribution in [0.1, 0.15) is 13.8 Å². The molecular weight excluding hydrogens is 156 g/mol. The van der Waals surface area contributed by atoms with Crippen LogP contribution in [-0.4, -0.2) is 48.7 Å². The molecule has 0 fully saturated rings. The molecule has 1 amide bonds. The molecule has 0 bridgehead atoms. The lowest BCUT2D eigenvalue weighted by molar-refractivity contribution is -0.125. The first kappa shape index (κ1) is 11.4. The minimum Gasteiger partial charge on any atom is -0.395 e. The van der Waals surface area contributed by atoms with Crippen molar-refractivity contribution in [3.8, 4) is 0 Å². The van der Waals surface area contributed by atoms with Crippen LogP contribution in [0.25, 0.3) is 0 Å². The van der Waals surface area contributed by atoms with E-state index in [0.717, 1.165) is 6.54 Å². The Morgan fingerprint density at radius 2 is 2.25 bits per heavy atom.